The van der Waals surface area contributed by atoms with Crippen molar-refractivity contribution in [2.24, 2.45) is 14.1 Å². The molecule has 0 saturated carbocycles. The summed E-state index contributed by atoms with van der Waals surface area (Å²) in [5, 5.41) is 0. The van der Waals surface area contributed by atoms with Gasteiger partial charge in [0, 0.05) is 25.9 Å². The van der Waals surface area contributed by atoms with Crippen LogP contribution in [0.5, 0.6) is 0 Å². The van der Waals surface area contributed by atoms with Crippen molar-refractivity contribution in [1.82, 2.24) is 13.7 Å². The van der Waals surface area contributed by atoms with Gasteiger partial charge in [-0.2, -0.15) is 0 Å². The topological polar surface area (TPSA) is 48.9 Å². The van der Waals surface area contributed by atoms with E-state index in [-0.39, 0.29) is 11.2 Å². The van der Waals surface area contributed by atoms with Crippen LogP contribution in [0.4, 0.5) is 0 Å². The van der Waals surface area contributed by atoms with Crippen molar-refractivity contribution in [3.63, 3.8) is 0 Å². The van der Waals surface area contributed by atoms with E-state index in [0.29, 0.717) is 17.6 Å². The van der Waals surface area contributed by atoms with Crippen molar-refractivity contribution in [3.8, 4) is 11.1 Å². The van der Waals surface area contributed by atoms with Crippen molar-refractivity contribution >= 4 is 11.0 Å². The Bertz CT molecular complexity index is 1260. The Morgan fingerprint density at radius 1 is 0.889 bits per heavy atom. The van der Waals surface area contributed by atoms with Gasteiger partial charge in [0.2, 0.25) is 0 Å². The molecule has 0 aliphatic rings. The van der Waals surface area contributed by atoms with Crippen LogP contribution in [0.25, 0.3) is 22.2 Å². The molecule has 0 atom stereocenters. The van der Waals surface area contributed by atoms with E-state index in [4.69, 9.17) is 0 Å². The molecule has 5 heteroatoms. The number of fused-ring (bicyclic) bond motifs is 1. The highest BCUT2D eigenvalue weighted by atomic mass is 16.2. The molecular formula is C22H21N3O2. The van der Waals surface area contributed by atoms with E-state index >= 15 is 0 Å². The van der Waals surface area contributed by atoms with Crippen molar-refractivity contribution in [2.75, 3.05) is 0 Å². The summed E-state index contributed by atoms with van der Waals surface area (Å²) in [5.74, 6) is 0. The predicted molar refractivity (Wildman–Crippen MR) is 108 cm³/mol. The van der Waals surface area contributed by atoms with Gasteiger partial charge in [-0.15, -0.1) is 0 Å². The highest BCUT2D eigenvalue weighted by Crippen LogP contribution is 2.28. The number of nitrogens with zero attached hydrogens (tertiary/aromatic N) is 3. The molecular weight excluding hydrogens is 338 g/mol. The number of benzene rings is 2. The zero-order valence-electron chi connectivity index (χ0n) is 15.6. The van der Waals surface area contributed by atoms with Gasteiger partial charge in [-0.25, -0.2) is 4.79 Å². The summed E-state index contributed by atoms with van der Waals surface area (Å²) in [5.41, 5.74) is 4.65. The van der Waals surface area contributed by atoms with E-state index in [0.717, 1.165) is 22.3 Å². The first-order valence-corrected chi connectivity index (χ1v) is 8.87. The van der Waals surface area contributed by atoms with Gasteiger partial charge in [0.1, 0.15) is 5.52 Å². The first-order chi connectivity index (χ1) is 13.0. The second kappa shape index (κ2) is 6.43. The average molecular weight is 359 g/mol. The van der Waals surface area contributed by atoms with E-state index in [1.165, 1.54) is 11.6 Å². The maximum Gasteiger partial charge on any atom is 0.331 e. The second-order valence-corrected chi connectivity index (χ2v) is 6.94. The molecule has 0 saturated heterocycles. The minimum atomic E-state index is -0.308. The first kappa shape index (κ1) is 17.1. The molecule has 0 fully saturated rings. The number of rotatable bonds is 3. The Kier molecular flexibility index (Phi) is 4.07. The number of hydrogen-bond acceptors (Lipinski definition) is 2. The molecule has 0 N–H and O–H groups in total. The van der Waals surface area contributed by atoms with E-state index in [9.17, 15) is 9.59 Å². The fourth-order valence-corrected chi connectivity index (χ4v) is 3.63. The Morgan fingerprint density at radius 2 is 1.63 bits per heavy atom. The summed E-state index contributed by atoms with van der Waals surface area (Å²) in [6, 6.07) is 17.9. The molecule has 0 radical (unpaired) electrons. The average Bonchev–Trinajstić information content (AvgIpc) is 3.01. The van der Waals surface area contributed by atoms with Crippen LogP contribution in [0, 0.1) is 6.92 Å². The van der Waals surface area contributed by atoms with Gasteiger partial charge in [-0.1, -0.05) is 60.2 Å². The van der Waals surface area contributed by atoms with Crippen molar-refractivity contribution in [3.05, 3.63) is 92.8 Å². The molecule has 5 nitrogen and oxygen atoms in total. The molecule has 4 aromatic rings. The molecule has 0 bridgehead atoms. The maximum absolute atomic E-state index is 13.0. The third-order valence-electron chi connectivity index (χ3n) is 4.96. The maximum atomic E-state index is 13.0. The lowest BCUT2D eigenvalue weighted by Gasteiger charge is -2.12. The molecule has 136 valence electrons. The lowest BCUT2D eigenvalue weighted by Crippen LogP contribution is -2.38. The second-order valence-electron chi connectivity index (χ2n) is 6.94. The molecule has 0 unspecified atom stereocenters. The summed E-state index contributed by atoms with van der Waals surface area (Å²) in [6.07, 6.45) is 1.92. The Morgan fingerprint density at radius 3 is 2.33 bits per heavy atom. The van der Waals surface area contributed by atoms with E-state index in [1.807, 2.05) is 73.3 Å². The van der Waals surface area contributed by atoms with E-state index < -0.39 is 0 Å². The van der Waals surface area contributed by atoms with Gasteiger partial charge in [0.25, 0.3) is 5.56 Å². The quantitative estimate of drug-likeness (QED) is 0.564. The van der Waals surface area contributed by atoms with Crippen molar-refractivity contribution in [1.29, 1.82) is 0 Å². The van der Waals surface area contributed by atoms with Crippen LogP contribution < -0.4 is 11.2 Å². The molecule has 0 spiro atoms. The normalized spacial score (nSPS) is 11.2. The summed E-state index contributed by atoms with van der Waals surface area (Å²) in [7, 11) is 3.38. The van der Waals surface area contributed by atoms with Gasteiger partial charge in [-0.05, 0) is 18.1 Å². The summed E-state index contributed by atoms with van der Waals surface area (Å²) >= 11 is 0. The molecule has 4 rings (SSSR count). The zero-order chi connectivity index (χ0) is 19.1. The van der Waals surface area contributed by atoms with Gasteiger partial charge >= 0.3 is 5.69 Å². The fourth-order valence-electron chi connectivity index (χ4n) is 3.63. The third kappa shape index (κ3) is 2.81. The van der Waals surface area contributed by atoms with Crippen LogP contribution >= 0.6 is 0 Å². The van der Waals surface area contributed by atoms with Gasteiger partial charge in [0.15, 0.2) is 0 Å². The van der Waals surface area contributed by atoms with Crippen molar-refractivity contribution < 1.29 is 0 Å². The number of hydrogen-bond donors (Lipinski definition) is 0. The Labute approximate surface area is 156 Å². The van der Waals surface area contributed by atoms with Gasteiger partial charge in [-0.3, -0.25) is 13.9 Å². The van der Waals surface area contributed by atoms with Gasteiger partial charge < -0.3 is 4.57 Å². The Hall–Kier alpha value is -3.34. The molecule has 2 aromatic heterocycles. The monoisotopic (exact) mass is 359 g/mol. The number of aryl methyl sites for hydroxylation is 2. The van der Waals surface area contributed by atoms with Crippen LogP contribution in [-0.2, 0) is 20.6 Å². The Balaban J connectivity index is 2.08. The van der Waals surface area contributed by atoms with Crippen LogP contribution in [0.3, 0.4) is 0 Å². The first-order valence-electron chi connectivity index (χ1n) is 8.87. The third-order valence-corrected chi connectivity index (χ3v) is 4.96. The minimum Gasteiger partial charge on any atom is -0.344 e. The van der Waals surface area contributed by atoms with Crippen molar-refractivity contribution in [2.45, 2.75) is 13.5 Å². The molecule has 27 heavy (non-hydrogen) atoms. The lowest BCUT2D eigenvalue weighted by atomic mass is 10.1. The molecule has 2 heterocycles. The van der Waals surface area contributed by atoms with Crippen LogP contribution in [0.15, 0.2) is 70.4 Å². The smallest absolute Gasteiger partial charge is 0.331 e. The molecule has 0 amide bonds. The van der Waals surface area contributed by atoms with Crippen LogP contribution in [-0.4, -0.2) is 13.7 Å². The van der Waals surface area contributed by atoms with E-state index in [2.05, 4.69) is 6.07 Å². The number of aromatic nitrogens is 3. The standard InChI is InChI=1S/C22H21N3O2/c1-15-8-7-9-16(12-15)13-25-19-18(17-10-5-4-6-11-17)14-23(2)20(19)21(26)24(3)22(25)27/h4-12,14H,13H2,1-3H3. The summed E-state index contributed by atoms with van der Waals surface area (Å²) in [6.45, 7) is 2.44. The fraction of sp³-hybridized carbons (Fsp3) is 0.182. The molecule has 2 aromatic carbocycles. The van der Waals surface area contributed by atoms with Gasteiger partial charge in [0.05, 0.1) is 12.1 Å². The summed E-state index contributed by atoms with van der Waals surface area (Å²) in [4.78, 5) is 25.8. The van der Waals surface area contributed by atoms with Crippen LogP contribution in [0.2, 0.25) is 0 Å². The molecule has 0 aliphatic carbocycles. The zero-order valence-corrected chi connectivity index (χ0v) is 15.6. The predicted octanol–water partition coefficient (Wildman–Crippen LogP) is 3.06. The highest BCUT2D eigenvalue weighted by Gasteiger charge is 2.19. The summed E-state index contributed by atoms with van der Waals surface area (Å²) < 4.78 is 4.70. The molecule has 0 aliphatic heterocycles. The van der Waals surface area contributed by atoms with E-state index in [1.54, 1.807) is 4.57 Å². The SMILES string of the molecule is Cc1cccc(Cn2c(=O)n(C)c(=O)c3c2c(-c2ccccc2)cn3C)c1. The highest BCUT2D eigenvalue weighted by molar-refractivity contribution is 5.93. The minimum absolute atomic E-state index is 0.278. The lowest BCUT2D eigenvalue weighted by molar-refractivity contribution is 0.670. The largest absolute Gasteiger partial charge is 0.344 e. The van der Waals surface area contributed by atoms with Crippen LogP contribution in [0.1, 0.15) is 11.1 Å².